The van der Waals surface area contributed by atoms with E-state index in [-0.39, 0.29) is 11.7 Å². The lowest BCUT2D eigenvalue weighted by atomic mass is 10.2. The Kier molecular flexibility index (Phi) is 7.26. The van der Waals surface area contributed by atoms with Crippen LogP contribution in [0.1, 0.15) is 10.4 Å². The molecule has 3 aromatic rings. The molecule has 1 aromatic heterocycles. The first-order valence-corrected chi connectivity index (χ1v) is 10.3. The third-order valence-electron chi connectivity index (χ3n) is 4.07. The highest BCUT2D eigenvalue weighted by molar-refractivity contribution is 7.99. The van der Waals surface area contributed by atoms with Crippen molar-refractivity contribution in [2.45, 2.75) is 11.7 Å². The van der Waals surface area contributed by atoms with Gasteiger partial charge in [-0.1, -0.05) is 41.6 Å². The van der Waals surface area contributed by atoms with Crippen LogP contribution in [0, 0.1) is 0 Å². The van der Waals surface area contributed by atoms with Crippen LogP contribution < -0.4 is 5.32 Å². The Hall–Kier alpha value is -3.10. The second-order valence-electron chi connectivity index (χ2n) is 6.09. The molecule has 1 amide bonds. The van der Waals surface area contributed by atoms with Crippen LogP contribution in [-0.4, -0.2) is 39.5 Å². The van der Waals surface area contributed by atoms with Crippen LogP contribution in [0.15, 0.2) is 66.3 Å². The van der Waals surface area contributed by atoms with E-state index < -0.39 is 5.97 Å². The fourth-order valence-corrected chi connectivity index (χ4v) is 3.63. The van der Waals surface area contributed by atoms with Crippen molar-refractivity contribution >= 4 is 40.9 Å². The predicted molar refractivity (Wildman–Crippen MR) is 118 cm³/mol. The smallest absolute Gasteiger partial charge is 0.337 e. The van der Waals surface area contributed by atoms with Crippen LogP contribution in [0.3, 0.4) is 0 Å². The van der Waals surface area contributed by atoms with Gasteiger partial charge in [0.25, 0.3) is 0 Å². The first-order chi connectivity index (χ1) is 14.5. The molecular weight excluding hydrogens is 424 g/mol. The van der Waals surface area contributed by atoms with E-state index in [0.29, 0.717) is 33.8 Å². The van der Waals surface area contributed by atoms with Gasteiger partial charge in [0.2, 0.25) is 5.91 Å². The fourth-order valence-electron chi connectivity index (χ4n) is 2.67. The summed E-state index contributed by atoms with van der Waals surface area (Å²) in [5.74, 6) is 0.107. The molecule has 0 saturated heterocycles. The SMILES string of the molecule is C=CCn1c(SCC(=O)Nc2ccc(C(=O)OC)cc2)nnc1-c1ccccc1Cl. The normalized spacial score (nSPS) is 10.5. The number of methoxy groups -OCH3 is 1. The number of esters is 1. The van der Waals surface area contributed by atoms with Crippen molar-refractivity contribution in [2.75, 3.05) is 18.2 Å². The Balaban J connectivity index is 1.68. The van der Waals surface area contributed by atoms with Gasteiger partial charge in [0.15, 0.2) is 11.0 Å². The average molecular weight is 443 g/mol. The summed E-state index contributed by atoms with van der Waals surface area (Å²) in [5, 5.41) is 12.4. The molecule has 0 saturated carbocycles. The number of nitrogens with one attached hydrogen (secondary N) is 1. The third-order valence-corrected chi connectivity index (χ3v) is 5.36. The number of rotatable bonds is 8. The summed E-state index contributed by atoms with van der Waals surface area (Å²) in [6.07, 6.45) is 1.73. The van der Waals surface area contributed by atoms with E-state index in [4.69, 9.17) is 11.6 Å². The second-order valence-corrected chi connectivity index (χ2v) is 7.44. The summed E-state index contributed by atoms with van der Waals surface area (Å²) >= 11 is 7.55. The molecule has 2 aromatic carbocycles. The highest BCUT2D eigenvalue weighted by atomic mass is 35.5. The van der Waals surface area contributed by atoms with Crippen LogP contribution in [-0.2, 0) is 16.1 Å². The van der Waals surface area contributed by atoms with Crippen LogP contribution in [0.5, 0.6) is 0 Å². The van der Waals surface area contributed by atoms with Gasteiger partial charge in [0.05, 0.1) is 23.4 Å². The lowest BCUT2D eigenvalue weighted by Gasteiger charge is -2.09. The van der Waals surface area contributed by atoms with Gasteiger partial charge in [-0.3, -0.25) is 9.36 Å². The van der Waals surface area contributed by atoms with Crippen molar-refractivity contribution in [2.24, 2.45) is 0 Å². The van der Waals surface area contributed by atoms with Crippen molar-refractivity contribution in [1.82, 2.24) is 14.8 Å². The lowest BCUT2D eigenvalue weighted by molar-refractivity contribution is -0.113. The molecule has 154 valence electrons. The van der Waals surface area contributed by atoms with Gasteiger partial charge in [0, 0.05) is 17.8 Å². The minimum absolute atomic E-state index is 0.135. The Labute approximate surface area is 183 Å². The van der Waals surface area contributed by atoms with E-state index in [1.165, 1.54) is 18.9 Å². The highest BCUT2D eigenvalue weighted by Crippen LogP contribution is 2.29. The average Bonchev–Trinajstić information content (AvgIpc) is 3.15. The zero-order chi connectivity index (χ0) is 21.5. The maximum atomic E-state index is 12.3. The van der Waals surface area contributed by atoms with E-state index >= 15 is 0 Å². The Morgan fingerprint density at radius 1 is 1.20 bits per heavy atom. The summed E-state index contributed by atoms with van der Waals surface area (Å²) in [7, 11) is 1.32. The number of hydrogen-bond acceptors (Lipinski definition) is 6. The van der Waals surface area contributed by atoms with Gasteiger partial charge in [-0.05, 0) is 36.4 Å². The number of amides is 1. The highest BCUT2D eigenvalue weighted by Gasteiger charge is 2.17. The molecule has 7 nitrogen and oxygen atoms in total. The predicted octanol–water partition coefficient (Wildman–Crippen LogP) is 4.30. The van der Waals surface area contributed by atoms with Crippen molar-refractivity contribution < 1.29 is 14.3 Å². The number of thioether (sulfide) groups is 1. The second kappa shape index (κ2) is 10.1. The van der Waals surface area contributed by atoms with Gasteiger partial charge in [-0.15, -0.1) is 16.8 Å². The van der Waals surface area contributed by atoms with Crippen LogP contribution >= 0.6 is 23.4 Å². The molecule has 1 N–H and O–H groups in total. The molecule has 0 spiro atoms. The van der Waals surface area contributed by atoms with Crippen molar-refractivity contribution in [3.8, 4) is 11.4 Å². The zero-order valence-corrected chi connectivity index (χ0v) is 17.7. The molecule has 3 rings (SSSR count). The number of benzene rings is 2. The fraction of sp³-hybridized carbons (Fsp3) is 0.143. The number of allylic oxidation sites excluding steroid dienone is 1. The molecule has 0 fully saturated rings. The van der Waals surface area contributed by atoms with E-state index in [9.17, 15) is 9.59 Å². The lowest BCUT2D eigenvalue weighted by Crippen LogP contribution is -2.15. The maximum absolute atomic E-state index is 12.3. The molecule has 0 aliphatic heterocycles. The monoisotopic (exact) mass is 442 g/mol. The molecule has 9 heteroatoms. The maximum Gasteiger partial charge on any atom is 0.337 e. The molecule has 0 unspecified atom stereocenters. The molecular formula is C21H19ClN4O3S. The Morgan fingerprint density at radius 3 is 2.60 bits per heavy atom. The molecule has 0 bridgehead atoms. The van der Waals surface area contributed by atoms with Crippen molar-refractivity contribution in [1.29, 1.82) is 0 Å². The van der Waals surface area contributed by atoms with Gasteiger partial charge in [-0.2, -0.15) is 0 Å². The number of halogens is 1. The number of anilines is 1. The summed E-state index contributed by atoms with van der Waals surface area (Å²) in [6.45, 7) is 4.26. The third kappa shape index (κ3) is 5.08. The first kappa shape index (κ1) is 21.6. The van der Waals surface area contributed by atoms with E-state index in [1.54, 1.807) is 36.4 Å². The van der Waals surface area contributed by atoms with E-state index in [2.05, 4.69) is 26.8 Å². The number of aromatic nitrogens is 3. The standard InChI is InChI=1S/C21H19ClN4O3S/c1-3-12-26-19(16-6-4-5-7-17(16)22)24-25-21(26)30-13-18(27)23-15-10-8-14(9-11-15)20(28)29-2/h3-11H,1,12-13H2,2H3,(H,23,27). The van der Waals surface area contributed by atoms with Crippen LogP contribution in [0.2, 0.25) is 5.02 Å². The quantitative estimate of drug-likeness (QED) is 0.318. The first-order valence-electron chi connectivity index (χ1n) is 8.93. The largest absolute Gasteiger partial charge is 0.465 e. The van der Waals surface area contributed by atoms with Gasteiger partial charge in [0.1, 0.15) is 0 Å². The molecule has 0 aliphatic carbocycles. The minimum Gasteiger partial charge on any atom is -0.465 e. The van der Waals surface area contributed by atoms with Gasteiger partial charge in [-0.25, -0.2) is 4.79 Å². The summed E-state index contributed by atoms with van der Waals surface area (Å²) in [4.78, 5) is 23.8. The summed E-state index contributed by atoms with van der Waals surface area (Å²) in [6, 6.07) is 13.8. The summed E-state index contributed by atoms with van der Waals surface area (Å²) < 4.78 is 6.52. The molecule has 0 aliphatic rings. The topological polar surface area (TPSA) is 86.1 Å². The van der Waals surface area contributed by atoms with Crippen molar-refractivity contribution in [3.05, 3.63) is 71.8 Å². The number of nitrogens with zero attached hydrogens (tertiary/aromatic N) is 3. The minimum atomic E-state index is -0.431. The van der Waals surface area contributed by atoms with Crippen molar-refractivity contribution in [3.63, 3.8) is 0 Å². The van der Waals surface area contributed by atoms with Gasteiger partial charge >= 0.3 is 5.97 Å². The van der Waals surface area contributed by atoms with E-state index in [1.807, 2.05) is 22.8 Å². The van der Waals surface area contributed by atoms with Gasteiger partial charge < -0.3 is 10.1 Å². The van der Waals surface area contributed by atoms with Crippen LogP contribution in [0.25, 0.3) is 11.4 Å². The Morgan fingerprint density at radius 2 is 1.93 bits per heavy atom. The molecule has 30 heavy (non-hydrogen) atoms. The van der Waals surface area contributed by atoms with Crippen LogP contribution in [0.4, 0.5) is 5.69 Å². The number of carbonyl (C=O) groups excluding carboxylic acids is 2. The number of carbonyl (C=O) groups is 2. The number of hydrogen-bond donors (Lipinski definition) is 1. The molecule has 1 heterocycles. The zero-order valence-electron chi connectivity index (χ0n) is 16.2. The Bertz CT molecular complexity index is 1070. The molecule has 0 radical (unpaired) electrons. The van der Waals surface area contributed by atoms with E-state index in [0.717, 1.165) is 5.56 Å². The number of ether oxygens (including phenoxy) is 1. The summed E-state index contributed by atoms with van der Waals surface area (Å²) in [5.41, 5.74) is 1.75. The molecule has 0 atom stereocenters.